The summed E-state index contributed by atoms with van der Waals surface area (Å²) in [6.07, 6.45) is 10.8. The third-order valence-electron chi connectivity index (χ3n) is 4.21. The lowest BCUT2D eigenvalue weighted by Gasteiger charge is -2.31. The summed E-state index contributed by atoms with van der Waals surface area (Å²) < 4.78 is 5.40. The zero-order valence-electron chi connectivity index (χ0n) is 12.3. The Morgan fingerprint density at radius 2 is 2.43 bits per heavy atom. The van der Waals surface area contributed by atoms with Crippen LogP contribution >= 0.6 is 0 Å². The molecule has 0 fully saturated rings. The van der Waals surface area contributed by atoms with E-state index in [0.29, 0.717) is 0 Å². The van der Waals surface area contributed by atoms with Crippen molar-refractivity contribution in [2.75, 3.05) is 20.2 Å². The molecule has 0 radical (unpaired) electrons. The van der Waals surface area contributed by atoms with Crippen LogP contribution in [0.3, 0.4) is 0 Å². The number of hydrogen-bond donors (Lipinski definition) is 1. The fourth-order valence-electron chi connectivity index (χ4n) is 3.17. The van der Waals surface area contributed by atoms with Gasteiger partial charge in [0.15, 0.2) is 0 Å². The standard InChI is InChI=1S/C17H20N2O2/c1-3-8-19-9-7-13-14-10-12(21-2)5-4-6-15(14)18-17(13)16(19)11-20/h3-4,6,10-11,16,18H,1,5,7-9H2,2H3. The molecule has 1 aromatic heterocycles. The Morgan fingerprint density at radius 1 is 1.57 bits per heavy atom. The number of allylic oxidation sites excluding steroid dienone is 1. The molecule has 4 nitrogen and oxygen atoms in total. The first kappa shape index (κ1) is 13.9. The summed E-state index contributed by atoms with van der Waals surface area (Å²) in [6, 6.07) is -0.216. The normalized spacial score (nSPS) is 21.0. The van der Waals surface area contributed by atoms with Crippen molar-refractivity contribution in [3.8, 4) is 0 Å². The van der Waals surface area contributed by atoms with Crippen molar-refractivity contribution in [3.05, 3.63) is 47.0 Å². The van der Waals surface area contributed by atoms with Crippen LogP contribution in [0.1, 0.15) is 35.0 Å². The van der Waals surface area contributed by atoms with Crippen LogP contribution in [0.5, 0.6) is 0 Å². The summed E-state index contributed by atoms with van der Waals surface area (Å²) in [6.45, 7) is 5.36. The first-order valence-corrected chi connectivity index (χ1v) is 7.24. The van der Waals surface area contributed by atoms with Gasteiger partial charge < -0.3 is 14.5 Å². The minimum absolute atomic E-state index is 0.216. The summed E-state index contributed by atoms with van der Waals surface area (Å²) in [5, 5.41) is 0. The van der Waals surface area contributed by atoms with Gasteiger partial charge in [-0.3, -0.25) is 4.90 Å². The molecule has 3 rings (SSSR count). The third-order valence-corrected chi connectivity index (χ3v) is 4.21. The molecule has 0 aromatic carbocycles. The molecule has 1 unspecified atom stereocenters. The smallest absolute Gasteiger partial charge is 0.143 e. The largest absolute Gasteiger partial charge is 0.501 e. The highest BCUT2D eigenvalue weighted by atomic mass is 16.5. The number of nitrogens with one attached hydrogen (secondary N) is 1. The molecule has 0 saturated heterocycles. The second-order valence-electron chi connectivity index (χ2n) is 5.38. The number of hydrogen-bond acceptors (Lipinski definition) is 3. The van der Waals surface area contributed by atoms with Gasteiger partial charge >= 0.3 is 0 Å². The number of methoxy groups -OCH3 is 1. The number of nitrogens with zero attached hydrogens (tertiary/aromatic N) is 1. The number of carbonyl (C=O) groups excluding carboxylic acids is 1. The van der Waals surface area contributed by atoms with E-state index in [9.17, 15) is 4.79 Å². The van der Waals surface area contributed by atoms with Gasteiger partial charge in [0.05, 0.1) is 12.9 Å². The summed E-state index contributed by atoms with van der Waals surface area (Å²) >= 11 is 0. The van der Waals surface area contributed by atoms with E-state index in [4.69, 9.17) is 4.74 Å². The van der Waals surface area contributed by atoms with Gasteiger partial charge in [-0.15, -0.1) is 6.58 Å². The maximum atomic E-state index is 11.6. The molecular weight excluding hydrogens is 264 g/mol. The maximum Gasteiger partial charge on any atom is 0.143 e. The minimum Gasteiger partial charge on any atom is -0.501 e. The van der Waals surface area contributed by atoms with Gasteiger partial charge in [-0.1, -0.05) is 12.2 Å². The molecule has 1 N–H and O–H groups in total. The number of rotatable bonds is 4. The Morgan fingerprint density at radius 3 is 3.14 bits per heavy atom. The Labute approximate surface area is 124 Å². The average Bonchev–Trinajstić information content (AvgIpc) is 2.71. The van der Waals surface area contributed by atoms with Crippen LogP contribution in [0.2, 0.25) is 0 Å². The lowest BCUT2D eigenvalue weighted by Crippen LogP contribution is -2.36. The fraction of sp³-hybridized carbons (Fsp3) is 0.353. The minimum atomic E-state index is -0.216. The molecule has 2 aliphatic rings. The van der Waals surface area contributed by atoms with Crippen LogP contribution in [0, 0.1) is 0 Å². The molecular formula is C17H20N2O2. The van der Waals surface area contributed by atoms with E-state index in [-0.39, 0.29) is 6.04 Å². The van der Waals surface area contributed by atoms with Crippen molar-refractivity contribution >= 4 is 18.4 Å². The Kier molecular flexibility index (Phi) is 3.80. The SMILES string of the molecule is C=CCN1CCc2c([nH]c3c2C=C(OC)CC=C3)C1C=O. The molecule has 0 amide bonds. The summed E-state index contributed by atoms with van der Waals surface area (Å²) in [4.78, 5) is 17.1. The van der Waals surface area contributed by atoms with Gasteiger partial charge in [-0.25, -0.2) is 0 Å². The number of aromatic nitrogens is 1. The van der Waals surface area contributed by atoms with Crippen LogP contribution in [-0.2, 0) is 16.0 Å². The van der Waals surface area contributed by atoms with Gasteiger partial charge in [-0.2, -0.15) is 0 Å². The number of H-pyrrole nitrogens is 1. The molecule has 1 aromatic rings. The van der Waals surface area contributed by atoms with E-state index < -0.39 is 0 Å². The number of aromatic amines is 1. The van der Waals surface area contributed by atoms with Crippen molar-refractivity contribution in [2.24, 2.45) is 0 Å². The molecule has 21 heavy (non-hydrogen) atoms. The van der Waals surface area contributed by atoms with Crippen LogP contribution in [-0.4, -0.2) is 36.4 Å². The van der Waals surface area contributed by atoms with Crippen LogP contribution in [0.25, 0.3) is 12.2 Å². The summed E-state index contributed by atoms with van der Waals surface area (Å²) in [5.74, 6) is 0.947. The first-order chi connectivity index (χ1) is 10.3. The van der Waals surface area contributed by atoms with E-state index in [1.165, 1.54) is 11.1 Å². The second-order valence-corrected chi connectivity index (χ2v) is 5.38. The highest BCUT2D eigenvalue weighted by Gasteiger charge is 2.30. The molecule has 1 aliphatic heterocycles. The second kappa shape index (κ2) is 5.74. The number of aldehydes is 1. The highest BCUT2D eigenvalue weighted by Crippen LogP contribution is 2.35. The van der Waals surface area contributed by atoms with Crippen LogP contribution < -0.4 is 0 Å². The van der Waals surface area contributed by atoms with E-state index in [2.05, 4.69) is 34.7 Å². The molecule has 1 aliphatic carbocycles. The zero-order chi connectivity index (χ0) is 14.8. The van der Waals surface area contributed by atoms with Gasteiger partial charge in [0, 0.05) is 36.5 Å². The number of fused-ring (bicyclic) bond motifs is 3. The van der Waals surface area contributed by atoms with Crippen molar-refractivity contribution in [1.82, 2.24) is 9.88 Å². The Balaban J connectivity index is 2.07. The summed E-state index contributed by atoms with van der Waals surface area (Å²) in [5.41, 5.74) is 4.49. The average molecular weight is 284 g/mol. The predicted octanol–water partition coefficient (Wildman–Crippen LogP) is 2.70. The first-order valence-electron chi connectivity index (χ1n) is 7.24. The lowest BCUT2D eigenvalue weighted by atomic mass is 9.96. The van der Waals surface area contributed by atoms with E-state index in [1.54, 1.807) is 7.11 Å². The van der Waals surface area contributed by atoms with Gasteiger partial charge in [-0.05, 0) is 24.1 Å². The molecule has 4 heteroatoms. The highest BCUT2D eigenvalue weighted by molar-refractivity contribution is 5.74. The van der Waals surface area contributed by atoms with Crippen molar-refractivity contribution in [1.29, 1.82) is 0 Å². The van der Waals surface area contributed by atoms with Crippen molar-refractivity contribution < 1.29 is 9.53 Å². The molecule has 0 saturated carbocycles. The van der Waals surface area contributed by atoms with Gasteiger partial charge in [0.1, 0.15) is 12.3 Å². The number of carbonyl (C=O) groups is 1. The lowest BCUT2D eigenvalue weighted by molar-refractivity contribution is -0.112. The van der Waals surface area contributed by atoms with Gasteiger partial charge in [0.2, 0.25) is 0 Å². The quantitative estimate of drug-likeness (QED) is 0.683. The van der Waals surface area contributed by atoms with Gasteiger partial charge in [0.25, 0.3) is 0 Å². The Bertz CT molecular complexity index is 625. The Hall–Kier alpha value is -2.07. The topological polar surface area (TPSA) is 45.3 Å². The van der Waals surface area contributed by atoms with E-state index in [1.807, 2.05) is 6.08 Å². The summed E-state index contributed by atoms with van der Waals surface area (Å²) in [7, 11) is 1.70. The molecule has 1 atom stereocenters. The monoisotopic (exact) mass is 284 g/mol. The fourth-order valence-corrected chi connectivity index (χ4v) is 3.17. The predicted molar refractivity (Wildman–Crippen MR) is 83.7 cm³/mol. The zero-order valence-corrected chi connectivity index (χ0v) is 12.3. The van der Waals surface area contributed by atoms with Crippen LogP contribution in [0.15, 0.2) is 24.5 Å². The van der Waals surface area contributed by atoms with Crippen molar-refractivity contribution in [2.45, 2.75) is 18.9 Å². The number of ether oxygens (including phenoxy) is 1. The third kappa shape index (κ3) is 2.36. The molecule has 0 bridgehead atoms. The van der Waals surface area contributed by atoms with E-state index in [0.717, 1.165) is 49.4 Å². The molecule has 110 valence electrons. The van der Waals surface area contributed by atoms with E-state index >= 15 is 0 Å². The van der Waals surface area contributed by atoms with Crippen molar-refractivity contribution in [3.63, 3.8) is 0 Å². The maximum absolute atomic E-state index is 11.6. The molecule has 0 spiro atoms. The van der Waals surface area contributed by atoms with Crippen LogP contribution in [0.4, 0.5) is 0 Å². The molecule has 2 heterocycles.